The first-order chi connectivity index (χ1) is 7.02. The summed E-state index contributed by atoms with van der Waals surface area (Å²) in [5, 5.41) is 10.6. The van der Waals surface area contributed by atoms with Crippen molar-refractivity contribution in [1.82, 2.24) is 4.90 Å². The van der Waals surface area contributed by atoms with Gasteiger partial charge in [0.1, 0.15) is 5.60 Å². The maximum atomic E-state index is 10.6. The Balaban J connectivity index is 2.33. The van der Waals surface area contributed by atoms with Crippen LogP contribution in [0.15, 0.2) is 28.7 Å². The normalized spacial score (nSPS) is 32.1. The molecule has 1 aromatic carbocycles. The minimum atomic E-state index is -0.685. The fourth-order valence-corrected chi connectivity index (χ4v) is 2.63. The zero-order valence-corrected chi connectivity index (χ0v) is 10.7. The van der Waals surface area contributed by atoms with Gasteiger partial charge in [-0.25, -0.2) is 0 Å². The van der Waals surface area contributed by atoms with Crippen molar-refractivity contribution in [1.29, 1.82) is 0 Å². The summed E-state index contributed by atoms with van der Waals surface area (Å²) in [6.45, 7) is 3.77. The van der Waals surface area contributed by atoms with E-state index < -0.39 is 5.60 Å². The van der Waals surface area contributed by atoms with Crippen LogP contribution in [0, 0.1) is 5.92 Å². The average Bonchev–Trinajstić information content (AvgIpc) is 2.42. The minimum absolute atomic E-state index is 0.281. The lowest BCUT2D eigenvalue weighted by Gasteiger charge is -2.27. The Kier molecular flexibility index (Phi) is 2.88. The molecule has 15 heavy (non-hydrogen) atoms. The van der Waals surface area contributed by atoms with E-state index in [1.54, 1.807) is 0 Å². The lowest BCUT2D eigenvalue weighted by molar-refractivity contribution is 0.0146. The molecule has 2 unspecified atom stereocenters. The van der Waals surface area contributed by atoms with Crippen LogP contribution in [0.4, 0.5) is 0 Å². The van der Waals surface area contributed by atoms with Crippen LogP contribution >= 0.6 is 15.9 Å². The van der Waals surface area contributed by atoms with Gasteiger partial charge < -0.3 is 10.0 Å². The molecular formula is C12H16BrNO. The summed E-state index contributed by atoms with van der Waals surface area (Å²) in [4.78, 5) is 2.17. The number of hydrogen-bond acceptors (Lipinski definition) is 2. The summed E-state index contributed by atoms with van der Waals surface area (Å²) in [6.07, 6.45) is 0. The predicted octanol–water partition coefficient (Wildman–Crippen LogP) is 2.22. The molecule has 0 saturated carbocycles. The van der Waals surface area contributed by atoms with Crippen LogP contribution in [0.3, 0.4) is 0 Å². The molecule has 1 aliphatic heterocycles. The molecule has 1 heterocycles. The second-order valence-corrected chi connectivity index (χ2v) is 5.44. The molecule has 1 aromatic rings. The monoisotopic (exact) mass is 269 g/mol. The molecule has 1 aliphatic rings. The summed E-state index contributed by atoms with van der Waals surface area (Å²) >= 11 is 3.41. The van der Waals surface area contributed by atoms with Gasteiger partial charge in [-0.15, -0.1) is 0 Å². The number of rotatable bonds is 1. The van der Waals surface area contributed by atoms with E-state index in [-0.39, 0.29) is 5.92 Å². The number of hydrogen-bond donors (Lipinski definition) is 1. The van der Waals surface area contributed by atoms with E-state index in [2.05, 4.69) is 27.8 Å². The molecule has 2 atom stereocenters. The number of likely N-dealkylation sites (tertiary alicyclic amines) is 1. The molecule has 2 rings (SSSR count). The summed E-state index contributed by atoms with van der Waals surface area (Å²) < 4.78 is 1.05. The molecule has 82 valence electrons. The molecule has 0 aromatic heterocycles. The molecule has 0 spiro atoms. The molecule has 0 radical (unpaired) electrons. The highest BCUT2D eigenvalue weighted by Gasteiger charge is 2.42. The molecule has 0 amide bonds. The molecule has 0 bridgehead atoms. The largest absolute Gasteiger partial charge is 0.383 e. The first-order valence-corrected chi connectivity index (χ1v) is 5.98. The molecular weight excluding hydrogens is 254 g/mol. The van der Waals surface area contributed by atoms with Gasteiger partial charge in [-0.1, -0.05) is 35.0 Å². The number of nitrogens with zero attached hydrogens (tertiary/aromatic N) is 1. The van der Waals surface area contributed by atoms with Crippen LogP contribution in [0.2, 0.25) is 0 Å². The Hall–Kier alpha value is -0.380. The Morgan fingerprint density at radius 2 is 2.00 bits per heavy atom. The van der Waals surface area contributed by atoms with Gasteiger partial charge in [0.05, 0.1) is 0 Å². The van der Waals surface area contributed by atoms with Crippen molar-refractivity contribution in [2.24, 2.45) is 5.92 Å². The first kappa shape index (κ1) is 11.1. The summed E-state index contributed by atoms with van der Waals surface area (Å²) in [5.74, 6) is 0.281. The second kappa shape index (κ2) is 3.89. The Morgan fingerprint density at radius 3 is 2.47 bits per heavy atom. The standard InChI is InChI=1S/C12H16BrNO/c1-9-7-14(2)8-12(9,15)10-3-5-11(13)6-4-10/h3-6,9,15H,7-8H2,1-2H3. The van der Waals surface area contributed by atoms with Crippen molar-refractivity contribution in [2.45, 2.75) is 12.5 Å². The average molecular weight is 270 g/mol. The fraction of sp³-hybridized carbons (Fsp3) is 0.500. The van der Waals surface area contributed by atoms with E-state index in [1.165, 1.54) is 0 Å². The van der Waals surface area contributed by atoms with Crippen molar-refractivity contribution >= 4 is 15.9 Å². The maximum Gasteiger partial charge on any atom is 0.106 e. The van der Waals surface area contributed by atoms with E-state index >= 15 is 0 Å². The van der Waals surface area contributed by atoms with Gasteiger partial charge in [-0.2, -0.15) is 0 Å². The Labute approximate surface area is 99.0 Å². The van der Waals surface area contributed by atoms with E-state index in [4.69, 9.17) is 0 Å². The third-order valence-electron chi connectivity index (χ3n) is 3.26. The van der Waals surface area contributed by atoms with E-state index in [1.807, 2.05) is 31.3 Å². The predicted molar refractivity (Wildman–Crippen MR) is 64.7 cm³/mol. The molecule has 1 saturated heterocycles. The highest BCUT2D eigenvalue weighted by molar-refractivity contribution is 9.10. The van der Waals surface area contributed by atoms with Gasteiger partial charge in [-0.05, 0) is 24.7 Å². The smallest absolute Gasteiger partial charge is 0.106 e. The topological polar surface area (TPSA) is 23.5 Å². The number of halogens is 1. The van der Waals surface area contributed by atoms with Crippen LogP contribution < -0.4 is 0 Å². The number of benzene rings is 1. The Morgan fingerprint density at radius 1 is 1.40 bits per heavy atom. The van der Waals surface area contributed by atoms with Crippen molar-refractivity contribution in [2.75, 3.05) is 20.1 Å². The fourth-order valence-electron chi connectivity index (χ4n) is 2.36. The van der Waals surface area contributed by atoms with Gasteiger partial charge in [0.25, 0.3) is 0 Å². The highest BCUT2D eigenvalue weighted by atomic mass is 79.9. The number of likely N-dealkylation sites (N-methyl/N-ethyl adjacent to an activating group) is 1. The van der Waals surface area contributed by atoms with E-state index in [0.717, 1.165) is 23.1 Å². The lowest BCUT2D eigenvalue weighted by atomic mass is 9.85. The molecule has 2 nitrogen and oxygen atoms in total. The SMILES string of the molecule is CC1CN(C)CC1(O)c1ccc(Br)cc1. The van der Waals surface area contributed by atoms with Crippen molar-refractivity contribution < 1.29 is 5.11 Å². The van der Waals surface area contributed by atoms with Gasteiger partial charge in [-0.3, -0.25) is 0 Å². The summed E-state index contributed by atoms with van der Waals surface area (Å²) in [5.41, 5.74) is 0.331. The number of aliphatic hydroxyl groups is 1. The molecule has 1 N–H and O–H groups in total. The van der Waals surface area contributed by atoms with Crippen LogP contribution in [0.1, 0.15) is 12.5 Å². The third kappa shape index (κ3) is 1.96. The van der Waals surface area contributed by atoms with E-state index in [9.17, 15) is 5.11 Å². The third-order valence-corrected chi connectivity index (χ3v) is 3.78. The Bertz CT molecular complexity index is 351. The zero-order valence-electron chi connectivity index (χ0n) is 9.07. The van der Waals surface area contributed by atoms with Gasteiger partial charge in [0, 0.05) is 23.5 Å². The highest BCUT2D eigenvalue weighted by Crippen LogP contribution is 2.36. The van der Waals surface area contributed by atoms with E-state index in [0.29, 0.717) is 0 Å². The summed E-state index contributed by atoms with van der Waals surface area (Å²) in [6, 6.07) is 7.97. The zero-order chi connectivity index (χ0) is 11.1. The van der Waals surface area contributed by atoms with Crippen LogP contribution in [0.25, 0.3) is 0 Å². The number of β-amino-alcohol motifs (C(OH)–C–C–N with tert-alkyl or cyclic N) is 1. The van der Waals surface area contributed by atoms with Crippen molar-refractivity contribution in [3.05, 3.63) is 34.3 Å². The molecule has 3 heteroatoms. The van der Waals surface area contributed by atoms with Gasteiger partial charge in [0.2, 0.25) is 0 Å². The lowest BCUT2D eigenvalue weighted by Crippen LogP contribution is -2.33. The van der Waals surface area contributed by atoms with Crippen LogP contribution in [-0.4, -0.2) is 30.1 Å². The van der Waals surface area contributed by atoms with Gasteiger partial charge in [0.15, 0.2) is 0 Å². The van der Waals surface area contributed by atoms with Gasteiger partial charge >= 0.3 is 0 Å². The first-order valence-electron chi connectivity index (χ1n) is 5.19. The van der Waals surface area contributed by atoms with Crippen molar-refractivity contribution in [3.8, 4) is 0 Å². The quantitative estimate of drug-likeness (QED) is 0.845. The molecule has 1 fully saturated rings. The van der Waals surface area contributed by atoms with Crippen LogP contribution in [-0.2, 0) is 5.60 Å². The second-order valence-electron chi connectivity index (χ2n) is 4.53. The summed E-state index contributed by atoms with van der Waals surface area (Å²) in [7, 11) is 2.05. The molecule has 0 aliphatic carbocycles. The van der Waals surface area contributed by atoms with Crippen molar-refractivity contribution in [3.63, 3.8) is 0 Å². The van der Waals surface area contributed by atoms with Crippen LogP contribution in [0.5, 0.6) is 0 Å². The minimum Gasteiger partial charge on any atom is -0.383 e. The maximum absolute atomic E-state index is 10.6.